The lowest BCUT2D eigenvalue weighted by Crippen LogP contribution is -2.72. The van der Waals surface area contributed by atoms with Gasteiger partial charge in [-0.2, -0.15) is 4.99 Å². The summed E-state index contributed by atoms with van der Waals surface area (Å²) in [6.07, 6.45) is 0.681. The quantitative estimate of drug-likeness (QED) is 0.726. The summed E-state index contributed by atoms with van der Waals surface area (Å²) >= 11 is 0. The number of aryl methyl sites for hydroxylation is 2. The monoisotopic (exact) mass is 340 g/mol. The van der Waals surface area contributed by atoms with E-state index in [0.717, 1.165) is 27.4 Å². The van der Waals surface area contributed by atoms with E-state index < -0.39 is 23.7 Å². The lowest BCUT2D eigenvalue weighted by Gasteiger charge is -2.51. The molecular weight excluding hydrogens is 320 g/mol. The molecule has 3 heterocycles. The fourth-order valence-corrected chi connectivity index (χ4v) is 4.04. The summed E-state index contributed by atoms with van der Waals surface area (Å²) in [6, 6.07) is 3.36. The van der Waals surface area contributed by atoms with Gasteiger partial charge in [-0.25, -0.2) is 4.79 Å². The molecule has 0 saturated carbocycles. The van der Waals surface area contributed by atoms with Gasteiger partial charge in [0, 0.05) is 14.1 Å². The normalized spacial score (nSPS) is 27.8. The van der Waals surface area contributed by atoms with Crippen LogP contribution in [0.25, 0.3) is 0 Å². The highest BCUT2D eigenvalue weighted by atomic mass is 16.3. The third-order valence-corrected chi connectivity index (χ3v) is 5.55. The van der Waals surface area contributed by atoms with Gasteiger partial charge in [-0.3, -0.25) is 9.69 Å². The Hall–Kier alpha value is -2.67. The number of hydrogen-bond donors (Lipinski definition) is 1. The van der Waals surface area contributed by atoms with Gasteiger partial charge in [0.25, 0.3) is 5.91 Å². The summed E-state index contributed by atoms with van der Waals surface area (Å²) in [4.78, 5) is 34.1. The van der Waals surface area contributed by atoms with Crippen LogP contribution in [0.3, 0.4) is 0 Å². The van der Waals surface area contributed by atoms with E-state index in [4.69, 9.17) is 0 Å². The van der Waals surface area contributed by atoms with E-state index in [1.807, 2.05) is 26.0 Å². The lowest BCUT2D eigenvalue weighted by molar-refractivity contribution is -0.130. The second kappa shape index (κ2) is 4.70. The predicted molar refractivity (Wildman–Crippen MR) is 94.9 cm³/mol. The van der Waals surface area contributed by atoms with Crippen molar-refractivity contribution < 1.29 is 14.7 Å². The minimum atomic E-state index is -1.29. The number of aliphatic hydroxyl groups is 1. The second-order valence-corrected chi connectivity index (χ2v) is 6.91. The van der Waals surface area contributed by atoms with Crippen LogP contribution in [0.15, 0.2) is 28.8 Å². The Morgan fingerprint density at radius 3 is 2.28 bits per heavy atom. The summed E-state index contributed by atoms with van der Waals surface area (Å²) in [6.45, 7) is 5.79. The molecule has 4 rings (SSSR count). The fraction of sp³-hybridized carbons (Fsp3) is 0.389. The van der Waals surface area contributed by atoms with Gasteiger partial charge in [-0.05, 0) is 55.7 Å². The number of hydrogen-bond acceptors (Lipinski definition) is 5. The Balaban J connectivity index is 2.11. The SMILES string of the molecule is CC1=CC(O)N2c3cc(C)c(C)cc3N(C)C3=NC(=O)N(C)C(=O)C132. The molecule has 25 heavy (non-hydrogen) atoms. The van der Waals surface area contributed by atoms with Gasteiger partial charge in [-0.1, -0.05) is 0 Å². The van der Waals surface area contributed by atoms with Gasteiger partial charge in [0.15, 0.2) is 5.84 Å². The minimum Gasteiger partial charge on any atom is -0.370 e. The molecule has 0 saturated heterocycles. The Labute approximate surface area is 145 Å². The molecule has 3 amide bonds. The van der Waals surface area contributed by atoms with E-state index in [9.17, 15) is 14.7 Å². The molecule has 0 radical (unpaired) electrons. The maximum Gasteiger partial charge on any atom is 0.351 e. The number of rotatable bonds is 0. The van der Waals surface area contributed by atoms with Crippen molar-refractivity contribution in [2.75, 3.05) is 23.9 Å². The number of carbonyl (C=O) groups is 2. The molecule has 0 aromatic heterocycles. The molecule has 7 nitrogen and oxygen atoms in total. The standard InChI is InChI=1S/C18H20N4O3/c1-9-6-12-13(7-10(9)2)22-14(23)8-11(3)18(22)15(20(12)4)19-17(25)21(5)16(18)24/h6-8,14,23H,1-5H3. The molecule has 1 aromatic rings. The topological polar surface area (TPSA) is 76.5 Å². The lowest BCUT2D eigenvalue weighted by atomic mass is 9.83. The molecule has 2 atom stereocenters. The zero-order chi connectivity index (χ0) is 18.3. The predicted octanol–water partition coefficient (Wildman–Crippen LogP) is 1.57. The summed E-state index contributed by atoms with van der Waals surface area (Å²) < 4.78 is 0. The van der Waals surface area contributed by atoms with Crippen LogP contribution in [0.4, 0.5) is 16.2 Å². The molecule has 7 heteroatoms. The maximum atomic E-state index is 13.2. The van der Waals surface area contributed by atoms with E-state index >= 15 is 0 Å². The van der Waals surface area contributed by atoms with E-state index in [2.05, 4.69) is 4.99 Å². The molecule has 1 aromatic carbocycles. The van der Waals surface area contributed by atoms with Crippen molar-refractivity contribution in [2.24, 2.45) is 4.99 Å². The summed E-state index contributed by atoms with van der Waals surface area (Å²) in [5.74, 6) is -0.0646. The first-order valence-corrected chi connectivity index (χ1v) is 8.13. The van der Waals surface area contributed by atoms with Crippen LogP contribution in [0.2, 0.25) is 0 Å². The Morgan fingerprint density at radius 1 is 1.04 bits per heavy atom. The number of anilines is 2. The van der Waals surface area contributed by atoms with Crippen LogP contribution < -0.4 is 9.80 Å². The van der Waals surface area contributed by atoms with Crippen LogP contribution in [-0.2, 0) is 4.79 Å². The highest BCUT2D eigenvalue weighted by Crippen LogP contribution is 2.50. The third-order valence-electron chi connectivity index (χ3n) is 5.55. The number of likely N-dealkylation sites (N-methyl/N-ethyl adjacent to an activating group) is 2. The van der Waals surface area contributed by atoms with Crippen molar-refractivity contribution in [3.05, 3.63) is 34.9 Å². The summed E-state index contributed by atoms with van der Waals surface area (Å²) in [7, 11) is 3.22. The average Bonchev–Trinajstić information content (AvgIpc) is 2.81. The molecule has 0 bridgehead atoms. The Bertz CT molecular complexity index is 904. The third kappa shape index (κ3) is 1.66. The van der Waals surface area contributed by atoms with Crippen molar-refractivity contribution in [2.45, 2.75) is 32.5 Å². The van der Waals surface area contributed by atoms with Crippen LogP contribution in [0, 0.1) is 13.8 Å². The number of nitrogens with zero attached hydrogens (tertiary/aromatic N) is 4. The smallest absolute Gasteiger partial charge is 0.351 e. The molecule has 3 aliphatic heterocycles. The van der Waals surface area contributed by atoms with Gasteiger partial charge in [-0.15, -0.1) is 0 Å². The molecule has 1 N–H and O–H groups in total. The Kier molecular flexibility index (Phi) is 2.97. The van der Waals surface area contributed by atoms with Gasteiger partial charge in [0.05, 0.1) is 11.4 Å². The van der Waals surface area contributed by atoms with Gasteiger partial charge in [0.2, 0.25) is 5.54 Å². The number of aliphatic imine (C=N–C) groups is 1. The molecular formula is C18H20N4O3. The Morgan fingerprint density at radius 2 is 1.64 bits per heavy atom. The van der Waals surface area contributed by atoms with Gasteiger partial charge < -0.3 is 14.9 Å². The number of imide groups is 1. The molecule has 130 valence electrons. The number of amides is 3. The van der Waals surface area contributed by atoms with E-state index in [1.165, 1.54) is 7.05 Å². The van der Waals surface area contributed by atoms with Crippen LogP contribution >= 0.6 is 0 Å². The maximum absolute atomic E-state index is 13.2. The highest BCUT2D eigenvalue weighted by Gasteiger charge is 2.63. The van der Waals surface area contributed by atoms with Crippen LogP contribution in [0.1, 0.15) is 18.1 Å². The molecule has 1 spiro atoms. The first-order chi connectivity index (χ1) is 11.7. The number of benzene rings is 1. The van der Waals surface area contributed by atoms with Gasteiger partial charge >= 0.3 is 6.03 Å². The molecule has 2 unspecified atom stereocenters. The van der Waals surface area contributed by atoms with E-state index in [0.29, 0.717) is 11.4 Å². The van der Waals surface area contributed by atoms with Crippen molar-refractivity contribution in [3.8, 4) is 0 Å². The fourth-order valence-electron chi connectivity index (χ4n) is 4.04. The van der Waals surface area contributed by atoms with Gasteiger partial charge in [0.1, 0.15) is 6.23 Å². The number of aliphatic hydroxyl groups excluding tert-OH is 1. The number of carbonyl (C=O) groups excluding carboxylic acids is 2. The molecule has 0 fully saturated rings. The molecule has 3 aliphatic rings. The average molecular weight is 340 g/mol. The zero-order valence-corrected chi connectivity index (χ0v) is 14.9. The molecule has 0 aliphatic carbocycles. The van der Waals surface area contributed by atoms with Crippen LogP contribution in [0.5, 0.6) is 0 Å². The number of amidine groups is 1. The summed E-state index contributed by atoms with van der Waals surface area (Å²) in [5.41, 5.74) is 3.09. The highest BCUT2D eigenvalue weighted by molar-refractivity contribution is 6.32. The largest absolute Gasteiger partial charge is 0.370 e. The van der Waals surface area contributed by atoms with Crippen molar-refractivity contribution in [1.82, 2.24) is 4.90 Å². The van der Waals surface area contributed by atoms with Crippen LogP contribution in [-0.4, -0.2) is 53.6 Å². The first-order valence-electron chi connectivity index (χ1n) is 8.13. The van der Waals surface area contributed by atoms with Crippen molar-refractivity contribution in [1.29, 1.82) is 0 Å². The summed E-state index contributed by atoms with van der Waals surface area (Å²) in [5, 5.41) is 10.7. The number of fused-ring (bicyclic) bond motifs is 2. The zero-order valence-electron chi connectivity index (χ0n) is 14.9. The minimum absolute atomic E-state index is 0.335. The number of urea groups is 1. The second-order valence-electron chi connectivity index (χ2n) is 6.91. The van der Waals surface area contributed by atoms with E-state index in [-0.39, 0.29) is 0 Å². The van der Waals surface area contributed by atoms with Crippen molar-refractivity contribution >= 4 is 29.1 Å². The van der Waals surface area contributed by atoms with Crippen molar-refractivity contribution in [3.63, 3.8) is 0 Å². The van der Waals surface area contributed by atoms with E-state index in [1.54, 1.807) is 29.8 Å². The first kappa shape index (κ1) is 15.8.